The number of rotatable bonds is 7. The van der Waals surface area contributed by atoms with Crippen molar-refractivity contribution >= 4 is 21.6 Å². The SMILES string of the molecule is Cc1ccc(C(C)NC(=O)c2ccc(N(Cc3ccccc3C)S(C)(=O)=O)cc2)cc1. The number of carbonyl (C=O) groups is 1. The van der Waals surface area contributed by atoms with Gasteiger partial charge in [0.2, 0.25) is 10.0 Å². The molecule has 0 aromatic heterocycles. The van der Waals surface area contributed by atoms with Crippen LogP contribution in [0.3, 0.4) is 0 Å². The zero-order chi connectivity index (χ0) is 22.6. The van der Waals surface area contributed by atoms with E-state index in [1.54, 1.807) is 24.3 Å². The Balaban J connectivity index is 1.77. The smallest absolute Gasteiger partial charge is 0.251 e. The van der Waals surface area contributed by atoms with Crippen LogP contribution in [-0.4, -0.2) is 20.6 Å². The van der Waals surface area contributed by atoms with Crippen molar-refractivity contribution in [2.45, 2.75) is 33.4 Å². The van der Waals surface area contributed by atoms with E-state index in [-0.39, 0.29) is 18.5 Å². The number of amides is 1. The third-order valence-electron chi connectivity index (χ3n) is 5.32. The highest BCUT2D eigenvalue weighted by Gasteiger charge is 2.19. The van der Waals surface area contributed by atoms with Crippen molar-refractivity contribution in [2.75, 3.05) is 10.6 Å². The van der Waals surface area contributed by atoms with E-state index in [2.05, 4.69) is 5.32 Å². The molecule has 0 heterocycles. The lowest BCUT2D eigenvalue weighted by Crippen LogP contribution is -2.30. The molecule has 6 heteroatoms. The summed E-state index contributed by atoms with van der Waals surface area (Å²) >= 11 is 0. The van der Waals surface area contributed by atoms with E-state index in [1.807, 2.05) is 69.3 Å². The zero-order valence-corrected chi connectivity index (χ0v) is 19.1. The first-order valence-electron chi connectivity index (χ1n) is 10.1. The fraction of sp³-hybridized carbons (Fsp3) is 0.240. The fourth-order valence-electron chi connectivity index (χ4n) is 3.34. The highest BCUT2D eigenvalue weighted by Crippen LogP contribution is 2.23. The van der Waals surface area contributed by atoms with E-state index >= 15 is 0 Å². The van der Waals surface area contributed by atoms with Crippen molar-refractivity contribution in [1.82, 2.24) is 5.32 Å². The normalized spacial score (nSPS) is 12.3. The molecule has 0 radical (unpaired) electrons. The summed E-state index contributed by atoms with van der Waals surface area (Å²) in [6.07, 6.45) is 1.19. The van der Waals surface area contributed by atoms with Crippen LogP contribution >= 0.6 is 0 Å². The molecule has 1 N–H and O–H groups in total. The van der Waals surface area contributed by atoms with Crippen LogP contribution < -0.4 is 9.62 Å². The number of aryl methyl sites for hydroxylation is 2. The monoisotopic (exact) mass is 436 g/mol. The molecule has 0 aliphatic heterocycles. The van der Waals surface area contributed by atoms with Crippen molar-refractivity contribution in [2.24, 2.45) is 0 Å². The van der Waals surface area contributed by atoms with Gasteiger partial charge in [0.25, 0.3) is 5.91 Å². The topological polar surface area (TPSA) is 66.5 Å². The highest BCUT2D eigenvalue weighted by atomic mass is 32.2. The minimum atomic E-state index is -3.49. The molecule has 1 amide bonds. The Morgan fingerprint density at radius 1 is 0.935 bits per heavy atom. The molecular weight excluding hydrogens is 408 g/mol. The summed E-state index contributed by atoms with van der Waals surface area (Å²) in [5.41, 5.74) is 5.15. The zero-order valence-electron chi connectivity index (χ0n) is 18.3. The number of nitrogens with zero attached hydrogens (tertiary/aromatic N) is 1. The van der Waals surface area contributed by atoms with Crippen molar-refractivity contribution in [1.29, 1.82) is 0 Å². The first-order chi connectivity index (χ1) is 14.6. The summed E-state index contributed by atoms with van der Waals surface area (Å²) in [5.74, 6) is -0.204. The summed E-state index contributed by atoms with van der Waals surface area (Å²) in [4.78, 5) is 12.7. The molecule has 0 fully saturated rings. The quantitative estimate of drug-likeness (QED) is 0.581. The second kappa shape index (κ2) is 9.35. The maximum absolute atomic E-state index is 12.7. The third kappa shape index (κ3) is 5.73. The molecule has 0 aliphatic rings. The number of hydrogen-bond acceptors (Lipinski definition) is 3. The lowest BCUT2D eigenvalue weighted by molar-refractivity contribution is 0.0940. The molecule has 0 spiro atoms. The van der Waals surface area contributed by atoms with E-state index in [0.29, 0.717) is 11.3 Å². The lowest BCUT2D eigenvalue weighted by atomic mass is 10.1. The maximum Gasteiger partial charge on any atom is 0.251 e. The first kappa shape index (κ1) is 22.6. The first-order valence-corrected chi connectivity index (χ1v) is 12.0. The maximum atomic E-state index is 12.7. The van der Waals surface area contributed by atoms with Crippen LogP contribution in [0.1, 0.15) is 45.6 Å². The van der Waals surface area contributed by atoms with Gasteiger partial charge in [0.05, 0.1) is 24.5 Å². The van der Waals surface area contributed by atoms with Gasteiger partial charge in [-0.3, -0.25) is 9.10 Å². The molecule has 0 bridgehead atoms. The van der Waals surface area contributed by atoms with Crippen LogP contribution in [0, 0.1) is 13.8 Å². The fourth-order valence-corrected chi connectivity index (χ4v) is 4.22. The minimum absolute atomic E-state index is 0.138. The summed E-state index contributed by atoms with van der Waals surface area (Å²) in [6.45, 7) is 6.15. The minimum Gasteiger partial charge on any atom is -0.346 e. The van der Waals surface area contributed by atoms with Gasteiger partial charge in [-0.15, -0.1) is 0 Å². The van der Waals surface area contributed by atoms with Crippen LogP contribution in [-0.2, 0) is 16.6 Å². The summed E-state index contributed by atoms with van der Waals surface area (Å²) in [7, 11) is -3.49. The Kier molecular flexibility index (Phi) is 6.81. The Morgan fingerprint density at radius 2 is 1.55 bits per heavy atom. The molecule has 3 rings (SSSR count). The van der Waals surface area contributed by atoms with Crippen LogP contribution in [0.15, 0.2) is 72.8 Å². The van der Waals surface area contributed by atoms with E-state index in [1.165, 1.54) is 16.1 Å². The van der Waals surface area contributed by atoms with E-state index < -0.39 is 10.0 Å². The Hall–Kier alpha value is -3.12. The lowest BCUT2D eigenvalue weighted by Gasteiger charge is -2.23. The van der Waals surface area contributed by atoms with Crippen LogP contribution in [0.2, 0.25) is 0 Å². The van der Waals surface area contributed by atoms with Crippen LogP contribution in [0.5, 0.6) is 0 Å². The van der Waals surface area contributed by atoms with Gasteiger partial charge in [-0.1, -0.05) is 54.1 Å². The van der Waals surface area contributed by atoms with Gasteiger partial charge in [0.1, 0.15) is 0 Å². The molecular formula is C25H28N2O3S. The second-order valence-electron chi connectivity index (χ2n) is 7.85. The van der Waals surface area contributed by atoms with Crippen molar-refractivity contribution in [3.05, 3.63) is 101 Å². The number of nitrogens with one attached hydrogen (secondary N) is 1. The predicted octanol–water partition coefficient (Wildman–Crippen LogP) is 4.76. The van der Waals surface area contributed by atoms with Gasteiger partial charge in [-0.2, -0.15) is 0 Å². The molecule has 0 aliphatic carbocycles. The van der Waals surface area contributed by atoms with Gasteiger partial charge < -0.3 is 5.32 Å². The van der Waals surface area contributed by atoms with Crippen molar-refractivity contribution < 1.29 is 13.2 Å². The summed E-state index contributed by atoms with van der Waals surface area (Å²) in [5, 5.41) is 2.99. The number of hydrogen-bond donors (Lipinski definition) is 1. The predicted molar refractivity (Wildman–Crippen MR) is 126 cm³/mol. The molecule has 1 unspecified atom stereocenters. The van der Waals surface area contributed by atoms with Crippen molar-refractivity contribution in [3.8, 4) is 0 Å². The molecule has 162 valence electrons. The van der Waals surface area contributed by atoms with Gasteiger partial charge in [0.15, 0.2) is 0 Å². The molecule has 3 aromatic rings. The molecule has 5 nitrogen and oxygen atoms in total. The standard InChI is InChI=1S/C25H28N2O3S/c1-18-9-11-21(12-10-18)20(3)26-25(28)22-13-15-24(16-14-22)27(31(4,29)30)17-23-8-6-5-7-19(23)2/h5-16,20H,17H2,1-4H3,(H,26,28). The van der Waals surface area contributed by atoms with E-state index in [0.717, 1.165) is 16.7 Å². The third-order valence-corrected chi connectivity index (χ3v) is 6.46. The second-order valence-corrected chi connectivity index (χ2v) is 9.76. The molecule has 1 atom stereocenters. The number of anilines is 1. The number of carbonyl (C=O) groups excluding carboxylic acids is 1. The molecule has 3 aromatic carbocycles. The molecule has 0 saturated heterocycles. The van der Waals surface area contributed by atoms with Gasteiger partial charge >= 0.3 is 0 Å². The number of benzene rings is 3. The number of sulfonamides is 1. The summed E-state index contributed by atoms with van der Waals surface area (Å²) < 4.78 is 26.2. The average Bonchev–Trinajstić information content (AvgIpc) is 2.73. The molecule has 31 heavy (non-hydrogen) atoms. The molecule has 0 saturated carbocycles. The van der Waals surface area contributed by atoms with Crippen LogP contribution in [0.25, 0.3) is 0 Å². The Labute approximate surface area is 184 Å². The van der Waals surface area contributed by atoms with E-state index in [9.17, 15) is 13.2 Å². The Morgan fingerprint density at radius 3 is 2.13 bits per heavy atom. The van der Waals surface area contributed by atoms with Crippen molar-refractivity contribution in [3.63, 3.8) is 0 Å². The Bertz CT molecular complexity index is 1150. The average molecular weight is 437 g/mol. The highest BCUT2D eigenvalue weighted by molar-refractivity contribution is 7.92. The van der Waals surface area contributed by atoms with Gasteiger partial charge in [-0.25, -0.2) is 8.42 Å². The largest absolute Gasteiger partial charge is 0.346 e. The van der Waals surface area contributed by atoms with Gasteiger partial charge in [0, 0.05) is 5.56 Å². The van der Waals surface area contributed by atoms with Crippen LogP contribution in [0.4, 0.5) is 5.69 Å². The van der Waals surface area contributed by atoms with Gasteiger partial charge in [-0.05, 0) is 61.7 Å². The summed E-state index contributed by atoms with van der Waals surface area (Å²) in [6, 6.07) is 22.2. The van der Waals surface area contributed by atoms with E-state index in [4.69, 9.17) is 0 Å².